The van der Waals surface area contributed by atoms with Gasteiger partial charge in [0, 0.05) is 38.4 Å². The summed E-state index contributed by atoms with van der Waals surface area (Å²) >= 11 is 0. The molecule has 3 heteroatoms. The van der Waals surface area contributed by atoms with Gasteiger partial charge in [0.2, 0.25) is 0 Å². The Morgan fingerprint density at radius 1 is 1.29 bits per heavy atom. The number of aromatic nitrogens is 1. The molecule has 17 heavy (non-hydrogen) atoms. The highest BCUT2D eigenvalue weighted by Crippen LogP contribution is 2.14. The van der Waals surface area contributed by atoms with Crippen LogP contribution in [-0.2, 0) is 0 Å². The van der Waals surface area contributed by atoms with E-state index in [4.69, 9.17) is 0 Å². The van der Waals surface area contributed by atoms with Crippen LogP contribution in [0.25, 0.3) is 0 Å². The Morgan fingerprint density at radius 3 is 2.59 bits per heavy atom. The normalized spacial score (nSPS) is 17.2. The summed E-state index contributed by atoms with van der Waals surface area (Å²) in [5.74, 6) is 1.11. The highest BCUT2D eigenvalue weighted by Gasteiger charge is 2.17. The van der Waals surface area contributed by atoms with Crippen molar-refractivity contribution in [2.24, 2.45) is 0 Å². The Balaban J connectivity index is 1.93. The number of hydrogen-bond acceptors (Lipinski definition) is 3. The fourth-order valence-corrected chi connectivity index (χ4v) is 2.22. The van der Waals surface area contributed by atoms with E-state index in [9.17, 15) is 0 Å². The van der Waals surface area contributed by atoms with Crippen molar-refractivity contribution < 1.29 is 0 Å². The van der Waals surface area contributed by atoms with Gasteiger partial charge < -0.3 is 4.90 Å². The summed E-state index contributed by atoms with van der Waals surface area (Å²) in [6.45, 7) is 13.4. The van der Waals surface area contributed by atoms with Crippen LogP contribution < -0.4 is 4.90 Å². The van der Waals surface area contributed by atoms with Crippen molar-refractivity contribution in [3.8, 4) is 0 Å². The Morgan fingerprint density at radius 2 is 2.00 bits per heavy atom. The van der Waals surface area contributed by atoms with Crippen LogP contribution in [0.2, 0.25) is 0 Å². The zero-order valence-corrected chi connectivity index (χ0v) is 10.8. The van der Waals surface area contributed by atoms with Crippen molar-refractivity contribution >= 4 is 5.82 Å². The molecule has 2 heterocycles. The highest BCUT2D eigenvalue weighted by atomic mass is 15.3. The van der Waals surface area contributed by atoms with Gasteiger partial charge in [0.25, 0.3) is 0 Å². The van der Waals surface area contributed by atoms with Crippen molar-refractivity contribution in [1.82, 2.24) is 9.88 Å². The van der Waals surface area contributed by atoms with Gasteiger partial charge >= 0.3 is 0 Å². The second-order valence-electron chi connectivity index (χ2n) is 4.86. The lowest BCUT2D eigenvalue weighted by molar-refractivity contribution is 0.278. The molecule has 3 nitrogen and oxygen atoms in total. The maximum absolute atomic E-state index is 4.57. The first kappa shape index (κ1) is 12.1. The number of piperazine rings is 1. The highest BCUT2D eigenvalue weighted by molar-refractivity contribution is 5.39. The maximum Gasteiger partial charge on any atom is 0.128 e. The third kappa shape index (κ3) is 3.30. The van der Waals surface area contributed by atoms with E-state index in [0.717, 1.165) is 44.2 Å². The molecule has 0 radical (unpaired) electrons. The molecule has 0 saturated carbocycles. The Kier molecular flexibility index (Phi) is 3.79. The number of pyridine rings is 1. The predicted octanol–water partition coefficient (Wildman–Crippen LogP) is 2.09. The molecule has 0 amide bonds. The lowest BCUT2D eigenvalue weighted by Gasteiger charge is -2.35. The number of rotatable bonds is 3. The van der Waals surface area contributed by atoms with E-state index in [1.54, 1.807) is 0 Å². The lowest BCUT2D eigenvalue weighted by atomic mass is 10.2. The average Bonchev–Trinajstić information content (AvgIpc) is 2.29. The van der Waals surface area contributed by atoms with Gasteiger partial charge in [0.15, 0.2) is 0 Å². The van der Waals surface area contributed by atoms with Crippen LogP contribution in [0.15, 0.2) is 30.4 Å². The third-order valence-corrected chi connectivity index (χ3v) is 3.06. The minimum atomic E-state index is 1.02. The van der Waals surface area contributed by atoms with Crippen molar-refractivity contribution in [3.05, 3.63) is 36.0 Å². The zero-order chi connectivity index (χ0) is 12.3. The molecule has 2 rings (SSSR count). The van der Waals surface area contributed by atoms with Gasteiger partial charge in [-0.1, -0.05) is 18.2 Å². The molecule has 0 aromatic carbocycles. The molecule has 0 spiro atoms. The largest absolute Gasteiger partial charge is 0.354 e. The molecule has 1 aromatic rings. The maximum atomic E-state index is 4.57. The second kappa shape index (κ2) is 5.32. The SMILES string of the molecule is C=C(C)CN1CCN(c2cccc(C)n2)CC1. The Labute approximate surface area is 104 Å². The topological polar surface area (TPSA) is 19.4 Å². The molecule has 0 N–H and O–H groups in total. The smallest absolute Gasteiger partial charge is 0.128 e. The zero-order valence-electron chi connectivity index (χ0n) is 10.8. The second-order valence-corrected chi connectivity index (χ2v) is 4.86. The quantitative estimate of drug-likeness (QED) is 0.743. The molecule has 0 atom stereocenters. The van der Waals surface area contributed by atoms with E-state index in [1.807, 2.05) is 13.0 Å². The lowest BCUT2D eigenvalue weighted by Crippen LogP contribution is -2.47. The summed E-state index contributed by atoms with van der Waals surface area (Å²) in [4.78, 5) is 9.39. The van der Waals surface area contributed by atoms with Gasteiger partial charge in [-0.25, -0.2) is 4.98 Å². The molecular formula is C14H21N3. The predicted molar refractivity (Wildman–Crippen MR) is 72.4 cm³/mol. The molecule has 0 aliphatic carbocycles. The van der Waals surface area contributed by atoms with Crippen LogP contribution in [0.3, 0.4) is 0 Å². The van der Waals surface area contributed by atoms with Crippen molar-refractivity contribution in [3.63, 3.8) is 0 Å². The van der Waals surface area contributed by atoms with Crippen LogP contribution >= 0.6 is 0 Å². The molecule has 1 aliphatic heterocycles. The fraction of sp³-hybridized carbons (Fsp3) is 0.500. The van der Waals surface area contributed by atoms with E-state index >= 15 is 0 Å². The van der Waals surface area contributed by atoms with Crippen LogP contribution in [-0.4, -0.2) is 42.6 Å². The minimum absolute atomic E-state index is 1.02. The summed E-state index contributed by atoms with van der Waals surface area (Å²) in [5, 5.41) is 0. The van der Waals surface area contributed by atoms with Crippen LogP contribution in [0.1, 0.15) is 12.6 Å². The first-order chi connectivity index (χ1) is 8.15. The fourth-order valence-electron chi connectivity index (χ4n) is 2.22. The standard InChI is InChI=1S/C14H21N3/c1-12(2)11-16-7-9-17(10-8-16)14-6-4-5-13(3)15-14/h4-6H,1,7-11H2,2-3H3. The van der Waals surface area contributed by atoms with Gasteiger partial charge in [-0.05, 0) is 26.0 Å². The van der Waals surface area contributed by atoms with Gasteiger partial charge in [-0.2, -0.15) is 0 Å². The van der Waals surface area contributed by atoms with Gasteiger partial charge in [0.1, 0.15) is 5.82 Å². The van der Waals surface area contributed by atoms with Gasteiger partial charge in [-0.15, -0.1) is 0 Å². The molecular weight excluding hydrogens is 210 g/mol. The first-order valence-corrected chi connectivity index (χ1v) is 6.20. The minimum Gasteiger partial charge on any atom is -0.354 e. The monoisotopic (exact) mass is 231 g/mol. The number of hydrogen-bond donors (Lipinski definition) is 0. The molecule has 0 bridgehead atoms. The van der Waals surface area contributed by atoms with Crippen LogP contribution in [0, 0.1) is 6.92 Å². The van der Waals surface area contributed by atoms with E-state index in [2.05, 4.69) is 40.4 Å². The van der Waals surface area contributed by atoms with Crippen LogP contribution in [0.5, 0.6) is 0 Å². The third-order valence-electron chi connectivity index (χ3n) is 3.06. The molecule has 0 unspecified atom stereocenters. The van der Waals surface area contributed by atoms with E-state index in [1.165, 1.54) is 5.57 Å². The average molecular weight is 231 g/mol. The molecule has 92 valence electrons. The number of aryl methyl sites for hydroxylation is 1. The van der Waals surface area contributed by atoms with Gasteiger partial charge in [-0.3, -0.25) is 4.90 Å². The first-order valence-electron chi connectivity index (χ1n) is 6.20. The molecule has 1 fully saturated rings. The van der Waals surface area contributed by atoms with E-state index in [0.29, 0.717) is 0 Å². The number of anilines is 1. The summed E-state index contributed by atoms with van der Waals surface area (Å²) in [6.07, 6.45) is 0. The molecule has 1 aromatic heterocycles. The Bertz CT molecular complexity index is 392. The van der Waals surface area contributed by atoms with E-state index < -0.39 is 0 Å². The van der Waals surface area contributed by atoms with Crippen LogP contribution in [0.4, 0.5) is 5.82 Å². The summed E-state index contributed by atoms with van der Waals surface area (Å²) in [7, 11) is 0. The number of nitrogens with zero attached hydrogens (tertiary/aromatic N) is 3. The summed E-state index contributed by atoms with van der Waals surface area (Å²) in [6, 6.07) is 6.22. The summed E-state index contributed by atoms with van der Waals surface area (Å²) in [5.41, 5.74) is 2.33. The molecule has 1 saturated heterocycles. The summed E-state index contributed by atoms with van der Waals surface area (Å²) < 4.78 is 0. The van der Waals surface area contributed by atoms with Gasteiger partial charge in [0.05, 0.1) is 0 Å². The Hall–Kier alpha value is -1.35. The van der Waals surface area contributed by atoms with Crippen molar-refractivity contribution in [2.75, 3.05) is 37.6 Å². The van der Waals surface area contributed by atoms with Crippen molar-refractivity contribution in [2.45, 2.75) is 13.8 Å². The molecule has 1 aliphatic rings. The van der Waals surface area contributed by atoms with Crippen molar-refractivity contribution in [1.29, 1.82) is 0 Å². The van der Waals surface area contributed by atoms with E-state index in [-0.39, 0.29) is 0 Å².